The zero-order valence-corrected chi connectivity index (χ0v) is 18.3. The number of amides is 4. The molecule has 3 aromatic rings. The van der Waals surface area contributed by atoms with Gasteiger partial charge in [-0.1, -0.05) is 48.5 Å². The summed E-state index contributed by atoms with van der Waals surface area (Å²) in [5.74, 6) is -1.05. The minimum absolute atomic E-state index is 0.106. The van der Waals surface area contributed by atoms with Gasteiger partial charge in [-0.05, 0) is 47.0 Å². The fourth-order valence-corrected chi connectivity index (χ4v) is 3.41. The van der Waals surface area contributed by atoms with Crippen LogP contribution in [-0.2, 0) is 22.7 Å². The molecule has 1 aliphatic rings. The van der Waals surface area contributed by atoms with E-state index < -0.39 is 23.7 Å². The van der Waals surface area contributed by atoms with Crippen LogP contribution in [0, 0.1) is 5.82 Å². The molecule has 34 heavy (non-hydrogen) atoms. The number of carbonyl (C=O) groups is 3. The number of nitrogens with zero attached hydrogens (tertiary/aromatic N) is 1. The second-order valence-corrected chi connectivity index (χ2v) is 7.52. The Labute approximate surface area is 195 Å². The Hall–Kier alpha value is -4.46. The quantitative estimate of drug-likeness (QED) is 0.424. The monoisotopic (exact) mass is 460 g/mol. The minimum atomic E-state index is -0.835. The minimum Gasteiger partial charge on any atom is -0.493 e. The second-order valence-electron chi connectivity index (χ2n) is 7.52. The summed E-state index contributed by atoms with van der Waals surface area (Å²) in [6.07, 6.45) is 1.38. The van der Waals surface area contributed by atoms with Crippen molar-refractivity contribution in [2.75, 3.05) is 7.11 Å². The number of imide groups is 2. The number of hydrogen-bond acceptors (Lipinski definition) is 5. The number of carbonyl (C=O) groups excluding carboxylic acids is 3. The van der Waals surface area contributed by atoms with E-state index in [0.29, 0.717) is 29.2 Å². The smallest absolute Gasteiger partial charge is 0.331 e. The van der Waals surface area contributed by atoms with Crippen LogP contribution in [0.25, 0.3) is 6.08 Å². The van der Waals surface area contributed by atoms with E-state index >= 15 is 0 Å². The molecule has 7 nitrogen and oxygen atoms in total. The van der Waals surface area contributed by atoms with Gasteiger partial charge in [0.05, 0.1) is 13.7 Å². The van der Waals surface area contributed by atoms with E-state index in [0.717, 1.165) is 10.5 Å². The van der Waals surface area contributed by atoms with Crippen molar-refractivity contribution in [2.45, 2.75) is 13.2 Å². The molecule has 8 heteroatoms. The van der Waals surface area contributed by atoms with Gasteiger partial charge in [-0.2, -0.15) is 0 Å². The number of barbiturate groups is 1. The standard InChI is InChI=1S/C26H21FN2O5/c1-33-23-14-19(9-12-22(23)34-16-18-5-3-2-4-6-18)13-21-24(30)28-26(32)29(25(21)31)15-17-7-10-20(27)11-8-17/h2-14H,15-16H2,1H3,(H,28,30,32)/b21-13+. The van der Waals surface area contributed by atoms with Crippen molar-refractivity contribution in [1.29, 1.82) is 0 Å². The normalized spacial score (nSPS) is 14.8. The Morgan fingerprint density at radius 2 is 1.65 bits per heavy atom. The predicted octanol–water partition coefficient (Wildman–Crippen LogP) is 4.08. The molecule has 0 radical (unpaired) electrons. The molecule has 1 aliphatic heterocycles. The van der Waals surface area contributed by atoms with Crippen LogP contribution in [0.15, 0.2) is 78.4 Å². The summed E-state index contributed by atoms with van der Waals surface area (Å²) < 4.78 is 24.4. The first kappa shape index (κ1) is 22.7. The van der Waals surface area contributed by atoms with Gasteiger partial charge in [0.25, 0.3) is 11.8 Å². The highest BCUT2D eigenvalue weighted by Gasteiger charge is 2.35. The van der Waals surface area contributed by atoms with E-state index in [9.17, 15) is 18.8 Å². The number of ether oxygens (including phenoxy) is 2. The highest BCUT2D eigenvalue weighted by Crippen LogP contribution is 2.30. The summed E-state index contributed by atoms with van der Waals surface area (Å²) >= 11 is 0. The molecular weight excluding hydrogens is 439 g/mol. The van der Waals surface area contributed by atoms with Gasteiger partial charge in [0, 0.05) is 0 Å². The maximum absolute atomic E-state index is 13.2. The van der Waals surface area contributed by atoms with Crippen molar-refractivity contribution < 1.29 is 28.2 Å². The molecule has 0 bridgehead atoms. The average Bonchev–Trinajstić information content (AvgIpc) is 2.85. The third-order valence-corrected chi connectivity index (χ3v) is 5.18. The first-order valence-electron chi connectivity index (χ1n) is 10.4. The van der Waals surface area contributed by atoms with E-state index in [2.05, 4.69) is 5.32 Å². The molecule has 1 heterocycles. The number of rotatable bonds is 7. The van der Waals surface area contributed by atoms with Crippen LogP contribution in [-0.4, -0.2) is 29.9 Å². The van der Waals surface area contributed by atoms with Gasteiger partial charge in [-0.25, -0.2) is 9.18 Å². The first-order chi connectivity index (χ1) is 16.4. The lowest BCUT2D eigenvalue weighted by Crippen LogP contribution is -2.53. The third-order valence-electron chi connectivity index (χ3n) is 5.18. The molecular formula is C26H21FN2O5. The fraction of sp³-hybridized carbons (Fsp3) is 0.115. The molecule has 4 rings (SSSR count). The average molecular weight is 460 g/mol. The van der Waals surface area contributed by atoms with Crippen molar-refractivity contribution >= 4 is 23.9 Å². The molecule has 0 aromatic heterocycles. The van der Waals surface area contributed by atoms with Gasteiger partial charge >= 0.3 is 6.03 Å². The van der Waals surface area contributed by atoms with Gasteiger partial charge in [-0.15, -0.1) is 0 Å². The van der Waals surface area contributed by atoms with Crippen molar-refractivity contribution in [1.82, 2.24) is 10.2 Å². The topological polar surface area (TPSA) is 84.9 Å². The van der Waals surface area contributed by atoms with Crippen LogP contribution < -0.4 is 14.8 Å². The number of benzene rings is 3. The number of hydrogen-bond donors (Lipinski definition) is 1. The molecule has 0 saturated carbocycles. The number of nitrogens with one attached hydrogen (secondary N) is 1. The van der Waals surface area contributed by atoms with E-state index in [1.807, 2.05) is 30.3 Å². The highest BCUT2D eigenvalue weighted by molar-refractivity contribution is 6.30. The lowest BCUT2D eigenvalue weighted by molar-refractivity contribution is -0.130. The lowest BCUT2D eigenvalue weighted by atomic mass is 10.1. The number of methoxy groups -OCH3 is 1. The van der Waals surface area contributed by atoms with Crippen LogP contribution in [0.3, 0.4) is 0 Å². The van der Waals surface area contributed by atoms with Gasteiger partial charge in [-0.3, -0.25) is 19.8 Å². The molecule has 0 spiro atoms. The molecule has 0 atom stereocenters. The molecule has 3 aromatic carbocycles. The van der Waals surface area contributed by atoms with Crippen LogP contribution >= 0.6 is 0 Å². The Bertz CT molecular complexity index is 1260. The summed E-state index contributed by atoms with van der Waals surface area (Å²) in [6.45, 7) is 0.240. The maximum atomic E-state index is 13.2. The van der Waals surface area contributed by atoms with Crippen molar-refractivity contribution in [3.63, 3.8) is 0 Å². The van der Waals surface area contributed by atoms with E-state index in [1.54, 1.807) is 18.2 Å². The van der Waals surface area contributed by atoms with Crippen molar-refractivity contribution in [2.24, 2.45) is 0 Å². The molecule has 1 saturated heterocycles. The fourth-order valence-electron chi connectivity index (χ4n) is 3.41. The molecule has 4 amide bonds. The third kappa shape index (κ3) is 5.12. The van der Waals surface area contributed by atoms with Gasteiger partial charge < -0.3 is 9.47 Å². The first-order valence-corrected chi connectivity index (χ1v) is 10.4. The SMILES string of the molecule is COc1cc(/C=C2\C(=O)NC(=O)N(Cc3ccc(F)cc3)C2=O)ccc1OCc1ccccc1. The van der Waals surface area contributed by atoms with E-state index in [-0.39, 0.29) is 12.1 Å². The van der Waals surface area contributed by atoms with Crippen molar-refractivity contribution in [3.8, 4) is 11.5 Å². The Morgan fingerprint density at radius 3 is 2.35 bits per heavy atom. The molecule has 172 valence electrons. The Balaban J connectivity index is 1.55. The maximum Gasteiger partial charge on any atom is 0.331 e. The van der Waals surface area contributed by atoms with Crippen molar-refractivity contribution in [3.05, 3.63) is 101 Å². The second kappa shape index (κ2) is 9.99. The summed E-state index contributed by atoms with van der Waals surface area (Å²) in [5, 5.41) is 2.17. The zero-order valence-electron chi connectivity index (χ0n) is 18.3. The predicted molar refractivity (Wildman–Crippen MR) is 122 cm³/mol. The Morgan fingerprint density at radius 1 is 0.912 bits per heavy atom. The van der Waals surface area contributed by atoms with Gasteiger partial charge in [0.2, 0.25) is 0 Å². The van der Waals surface area contributed by atoms with E-state index in [1.165, 1.54) is 37.5 Å². The number of urea groups is 1. The summed E-state index contributed by atoms with van der Waals surface area (Å²) in [4.78, 5) is 38.5. The van der Waals surface area contributed by atoms with Crippen LogP contribution in [0.5, 0.6) is 11.5 Å². The summed E-state index contributed by atoms with van der Waals surface area (Å²) in [5.41, 5.74) is 1.84. The summed E-state index contributed by atoms with van der Waals surface area (Å²) in [6, 6.07) is 19.2. The van der Waals surface area contributed by atoms with Crippen LogP contribution in [0.4, 0.5) is 9.18 Å². The van der Waals surface area contributed by atoms with Gasteiger partial charge in [0.1, 0.15) is 18.0 Å². The zero-order chi connectivity index (χ0) is 24.1. The van der Waals surface area contributed by atoms with Gasteiger partial charge in [0.15, 0.2) is 11.5 Å². The molecule has 1 fully saturated rings. The lowest BCUT2D eigenvalue weighted by Gasteiger charge is -2.26. The highest BCUT2D eigenvalue weighted by atomic mass is 19.1. The van der Waals surface area contributed by atoms with Crippen LogP contribution in [0.1, 0.15) is 16.7 Å². The molecule has 1 N–H and O–H groups in total. The summed E-state index contributed by atoms with van der Waals surface area (Å²) in [7, 11) is 1.49. The van der Waals surface area contributed by atoms with E-state index in [4.69, 9.17) is 9.47 Å². The van der Waals surface area contributed by atoms with Crippen LogP contribution in [0.2, 0.25) is 0 Å². The number of halogens is 1. The largest absolute Gasteiger partial charge is 0.493 e. The molecule has 0 unspecified atom stereocenters. The molecule has 0 aliphatic carbocycles. The Kier molecular flexibility index (Phi) is 6.68.